The predicted octanol–water partition coefficient (Wildman–Crippen LogP) is 2.44. The quantitative estimate of drug-likeness (QED) is 0.814. The van der Waals surface area contributed by atoms with Crippen LogP contribution in [0, 0.1) is 0 Å². The van der Waals surface area contributed by atoms with Gasteiger partial charge in [0, 0.05) is 32.3 Å². The van der Waals surface area contributed by atoms with E-state index in [-0.39, 0.29) is 0 Å². The summed E-state index contributed by atoms with van der Waals surface area (Å²) in [5, 5.41) is 4.29. The lowest BCUT2D eigenvalue weighted by atomic mass is 10.0. The highest BCUT2D eigenvalue weighted by molar-refractivity contribution is 5.53. The van der Waals surface area contributed by atoms with E-state index in [1.807, 2.05) is 30.1 Å². The largest absolute Gasteiger partial charge is 0.493 e. The molecule has 0 N–H and O–H groups in total. The van der Waals surface area contributed by atoms with Gasteiger partial charge in [-0.1, -0.05) is 0 Å². The Morgan fingerprint density at radius 2 is 1.83 bits per heavy atom. The van der Waals surface area contributed by atoms with E-state index >= 15 is 0 Å². The maximum absolute atomic E-state index is 5.44. The number of rotatable bonds is 6. The van der Waals surface area contributed by atoms with E-state index in [1.54, 1.807) is 21.3 Å². The second-order valence-corrected chi connectivity index (χ2v) is 6.20. The van der Waals surface area contributed by atoms with Crippen LogP contribution in [0.5, 0.6) is 17.2 Å². The van der Waals surface area contributed by atoms with E-state index in [0.29, 0.717) is 23.2 Å². The minimum Gasteiger partial charge on any atom is -0.493 e. The standard InChI is InChI=1S/C18H25N3O3/c1-20-11-15(9-19-20)14-5-6-21(12-14)10-13-7-16(22-2)18(24-4)17(8-13)23-3/h7-9,11,14H,5-6,10,12H2,1-4H3/t14-/m1/s1. The molecular weight excluding hydrogens is 306 g/mol. The van der Waals surface area contributed by atoms with Crippen LogP contribution in [-0.2, 0) is 13.6 Å². The molecule has 1 fully saturated rings. The molecule has 6 nitrogen and oxygen atoms in total. The Labute approximate surface area is 142 Å². The van der Waals surface area contributed by atoms with E-state index in [0.717, 1.165) is 31.6 Å². The van der Waals surface area contributed by atoms with Crippen LogP contribution in [0.3, 0.4) is 0 Å². The number of nitrogens with zero attached hydrogens (tertiary/aromatic N) is 3. The first kappa shape index (κ1) is 16.6. The van der Waals surface area contributed by atoms with E-state index in [1.165, 1.54) is 5.56 Å². The molecule has 6 heteroatoms. The van der Waals surface area contributed by atoms with Crippen LogP contribution < -0.4 is 14.2 Å². The van der Waals surface area contributed by atoms with Crippen molar-refractivity contribution in [1.29, 1.82) is 0 Å². The third-order valence-electron chi connectivity index (χ3n) is 4.60. The summed E-state index contributed by atoms with van der Waals surface area (Å²) < 4.78 is 18.1. The average molecular weight is 331 g/mol. The monoisotopic (exact) mass is 331 g/mol. The minimum atomic E-state index is 0.556. The topological polar surface area (TPSA) is 48.8 Å². The number of ether oxygens (including phenoxy) is 3. The van der Waals surface area contributed by atoms with E-state index in [4.69, 9.17) is 14.2 Å². The van der Waals surface area contributed by atoms with Crippen molar-refractivity contribution >= 4 is 0 Å². The van der Waals surface area contributed by atoms with Crippen molar-refractivity contribution in [1.82, 2.24) is 14.7 Å². The summed E-state index contributed by atoms with van der Waals surface area (Å²) in [6, 6.07) is 4.05. The van der Waals surface area contributed by atoms with Crippen LogP contribution in [0.1, 0.15) is 23.5 Å². The Balaban J connectivity index is 1.72. The normalized spacial score (nSPS) is 17.9. The molecule has 0 saturated carbocycles. The van der Waals surface area contributed by atoms with Crippen LogP contribution in [0.25, 0.3) is 0 Å². The Morgan fingerprint density at radius 3 is 2.38 bits per heavy atom. The average Bonchev–Trinajstić information content (AvgIpc) is 3.22. The zero-order valence-electron chi connectivity index (χ0n) is 14.8. The summed E-state index contributed by atoms with van der Waals surface area (Å²) in [4.78, 5) is 2.46. The van der Waals surface area contributed by atoms with Gasteiger partial charge >= 0.3 is 0 Å². The fraction of sp³-hybridized carbons (Fsp3) is 0.500. The highest BCUT2D eigenvalue weighted by atomic mass is 16.5. The summed E-state index contributed by atoms with van der Waals surface area (Å²) in [5.41, 5.74) is 2.49. The van der Waals surface area contributed by atoms with Crippen molar-refractivity contribution < 1.29 is 14.2 Å². The maximum atomic E-state index is 5.44. The molecule has 1 atom stereocenters. The van der Waals surface area contributed by atoms with E-state index in [2.05, 4.69) is 16.2 Å². The number of methoxy groups -OCH3 is 3. The van der Waals surface area contributed by atoms with Crippen LogP contribution in [-0.4, -0.2) is 49.1 Å². The molecule has 1 aromatic heterocycles. The lowest BCUT2D eigenvalue weighted by molar-refractivity contribution is 0.312. The van der Waals surface area contributed by atoms with Crippen LogP contribution >= 0.6 is 0 Å². The van der Waals surface area contributed by atoms with Crippen LogP contribution in [0.4, 0.5) is 0 Å². The van der Waals surface area contributed by atoms with Crippen LogP contribution in [0.15, 0.2) is 24.5 Å². The first-order chi connectivity index (χ1) is 11.6. The molecule has 24 heavy (non-hydrogen) atoms. The van der Waals surface area contributed by atoms with Crippen molar-refractivity contribution in [2.45, 2.75) is 18.9 Å². The Kier molecular flexibility index (Phi) is 4.94. The SMILES string of the molecule is COc1cc(CN2CC[C@@H](c3cnn(C)c3)C2)cc(OC)c1OC. The van der Waals surface area contributed by atoms with Gasteiger partial charge in [-0.05, 0) is 36.2 Å². The van der Waals surface area contributed by atoms with E-state index in [9.17, 15) is 0 Å². The van der Waals surface area contributed by atoms with Gasteiger partial charge in [-0.2, -0.15) is 5.10 Å². The first-order valence-electron chi connectivity index (χ1n) is 8.14. The Morgan fingerprint density at radius 1 is 1.12 bits per heavy atom. The number of likely N-dealkylation sites (tertiary alicyclic amines) is 1. The third-order valence-corrected chi connectivity index (χ3v) is 4.60. The molecule has 130 valence electrons. The molecule has 0 spiro atoms. The number of aromatic nitrogens is 2. The zero-order chi connectivity index (χ0) is 17.1. The van der Waals surface area contributed by atoms with Gasteiger partial charge < -0.3 is 14.2 Å². The van der Waals surface area contributed by atoms with Crippen molar-refractivity contribution in [3.63, 3.8) is 0 Å². The molecule has 2 heterocycles. The fourth-order valence-corrected chi connectivity index (χ4v) is 3.38. The smallest absolute Gasteiger partial charge is 0.203 e. The molecule has 0 aliphatic carbocycles. The minimum absolute atomic E-state index is 0.556. The maximum Gasteiger partial charge on any atom is 0.203 e. The molecule has 3 rings (SSSR count). The molecule has 1 aromatic carbocycles. The van der Waals surface area contributed by atoms with Gasteiger partial charge in [0.05, 0.1) is 27.5 Å². The van der Waals surface area contributed by atoms with Gasteiger partial charge in [0.15, 0.2) is 11.5 Å². The summed E-state index contributed by atoms with van der Waals surface area (Å²) in [7, 11) is 6.88. The van der Waals surface area contributed by atoms with Crippen molar-refractivity contribution in [3.05, 3.63) is 35.7 Å². The van der Waals surface area contributed by atoms with Gasteiger partial charge in [0.2, 0.25) is 5.75 Å². The Bertz CT molecular complexity index is 674. The number of hydrogen-bond acceptors (Lipinski definition) is 5. The first-order valence-corrected chi connectivity index (χ1v) is 8.14. The predicted molar refractivity (Wildman–Crippen MR) is 91.9 cm³/mol. The Hall–Kier alpha value is -2.21. The number of benzene rings is 1. The third kappa shape index (κ3) is 3.33. The fourth-order valence-electron chi connectivity index (χ4n) is 3.38. The lowest BCUT2D eigenvalue weighted by Crippen LogP contribution is -2.19. The molecule has 2 aromatic rings. The molecular formula is C18H25N3O3. The van der Waals surface area contributed by atoms with Crippen molar-refractivity contribution in [2.24, 2.45) is 7.05 Å². The number of aryl methyl sites for hydroxylation is 1. The summed E-state index contributed by atoms with van der Waals surface area (Å²) in [6.45, 7) is 2.99. The summed E-state index contributed by atoms with van der Waals surface area (Å²) in [5.74, 6) is 2.60. The molecule has 1 aliphatic rings. The van der Waals surface area contributed by atoms with Gasteiger partial charge in [-0.15, -0.1) is 0 Å². The molecule has 1 aliphatic heterocycles. The lowest BCUT2D eigenvalue weighted by Gasteiger charge is -2.18. The van der Waals surface area contributed by atoms with Gasteiger partial charge in [-0.3, -0.25) is 9.58 Å². The summed E-state index contributed by atoms with van der Waals surface area (Å²) >= 11 is 0. The van der Waals surface area contributed by atoms with Crippen LogP contribution in [0.2, 0.25) is 0 Å². The zero-order valence-corrected chi connectivity index (χ0v) is 14.8. The molecule has 0 amide bonds. The highest BCUT2D eigenvalue weighted by Gasteiger charge is 2.25. The number of hydrogen-bond donors (Lipinski definition) is 0. The van der Waals surface area contributed by atoms with Gasteiger partial charge in [0.1, 0.15) is 0 Å². The molecule has 1 saturated heterocycles. The molecule has 0 radical (unpaired) electrons. The van der Waals surface area contributed by atoms with Gasteiger partial charge in [-0.25, -0.2) is 0 Å². The van der Waals surface area contributed by atoms with Crippen molar-refractivity contribution in [2.75, 3.05) is 34.4 Å². The molecule has 0 unspecified atom stereocenters. The molecule has 0 bridgehead atoms. The highest BCUT2D eigenvalue weighted by Crippen LogP contribution is 2.39. The second kappa shape index (κ2) is 7.13. The van der Waals surface area contributed by atoms with Crippen molar-refractivity contribution in [3.8, 4) is 17.2 Å². The van der Waals surface area contributed by atoms with Gasteiger partial charge in [0.25, 0.3) is 0 Å². The van der Waals surface area contributed by atoms with E-state index < -0.39 is 0 Å². The summed E-state index contributed by atoms with van der Waals surface area (Å²) in [6.07, 6.45) is 5.26. The second-order valence-electron chi connectivity index (χ2n) is 6.20.